The van der Waals surface area contributed by atoms with Gasteiger partial charge in [-0.05, 0) is 24.3 Å². The number of hydrogen-bond donors (Lipinski definition) is 2. The van der Waals surface area contributed by atoms with Crippen molar-refractivity contribution in [2.45, 2.75) is 6.18 Å². The highest BCUT2D eigenvalue weighted by atomic mass is 35.5. The van der Waals surface area contributed by atoms with E-state index in [1.807, 2.05) is 0 Å². The van der Waals surface area contributed by atoms with Gasteiger partial charge in [-0.2, -0.15) is 13.2 Å². The Hall–Kier alpha value is -2.28. The van der Waals surface area contributed by atoms with Crippen molar-refractivity contribution in [1.29, 1.82) is 0 Å². The maximum atomic E-state index is 12.5. The van der Waals surface area contributed by atoms with Gasteiger partial charge in [0.05, 0.1) is 10.6 Å². The Morgan fingerprint density at radius 3 is 2.48 bits per heavy atom. The largest absolute Gasteiger partial charge is 0.433 e. The molecule has 0 aliphatic heterocycles. The van der Waals surface area contributed by atoms with Crippen molar-refractivity contribution in [3.05, 3.63) is 58.7 Å². The summed E-state index contributed by atoms with van der Waals surface area (Å²) in [6.45, 7) is 0. The molecule has 0 saturated heterocycles. The molecule has 2 aromatic rings. The minimum Gasteiger partial charge on any atom is -0.282 e. The molecule has 8 heteroatoms. The van der Waals surface area contributed by atoms with Crippen LogP contribution < -0.4 is 10.9 Å². The molecule has 0 unspecified atom stereocenters. The molecular weight excluding hydrogens is 307 g/mol. The quantitative estimate of drug-likeness (QED) is 0.852. The highest BCUT2D eigenvalue weighted by Crippen LogP contribution is 2.28. The SMILES string of the molecule is O=C(NNc1cccc(C(F)(F)F)n1)c1ccccc1Cl. The van der Waals surface area contributed by atoms with Crippen molar-refractivity contribution in [1.82, 2.24) is 10.4 Å². The van der Waals surface area contributed by atoms with Gasteiger partial charge < -0.3 is 0 Å². The second kappa shape index (κ2) is 6.01. The standard InChI is InChI=1S/C13H9ClF3N3O/c14-9-5-2-1-4-8(9)12(21)20-19-11-7-3-6-10(18-11)13(15,16)17/h1-7H,(H,18,19)(H,20,21). The second-order valence-electron chi connectivity index (χ2n) is 3.96. The second-order valence-corrected chi connectivity index (χ2v) is 4.37. The number of carbonyl (C=O) groups is 1. The van der Waals surface area contributed by atoms with Gasteiger partial charge in [-0.25, -0.2) is 4.98 Å². The number of carbonyl (C=O) groups excluding carboxylic acids is 1. The van der Waals surface area contributed by atoms with Crippen LogP contribution in [0.1, 0.15) is 16.1 Å². The van der Waals surface area contributed by atoms with Crippen LogP contribution in [0.15, 0.2) is 42.5 Å². The van der Waals surface area contributed by atoms with E-state index in [1.165, 1.54) is 24.3 Å². The zero-order valence-corrected chi connectivity index (χ0v) is 11.2. The van der Waals surface area contributed by atoms with Crippen LogP contribution >= 0.6 is 11.6 Å². The molecule has 4 nitrogen and oxygen atoms in total. The Labute approximate surface area is 122 Å². The monoisotopic (exact) mass is 315 g/mol. The van der Waals surface area contributed by atoms with E-state index in [0.29, 0.717) is 0 Å². The number of pyridine rings is 1. The summed E-state index contributed by atoms with van der Waals surface area (Å²) in [4.78, 5) is 15.2. The summed E-state index contributed by atoms with van der Waals surface area (Å²) < 4.78 is 37.5. The molecule has 110 valence electrons. The lowest BCUT2D eigenvalue weighted by Gasteiger charge is -2.11. The van der Waals surface area contributed by atoms with Gasteiger partial charge in [0.25, 0.3) is 5.91 Å². The van der Waals surface area contributed by atoms with Gasteiger partial charge in [0.2, 0.25) is 0 Å². The fourth-order valence-corrected chi connectivity index (χ4v) is 1.72. The van der Waals surface area contributed by atoms with Crippen LogP contribution in [0.3, 0.4) is 0 Å². The number of aromatic nitrogens is 1. The van der Waals surface area contributed by atoms with Gasteiger partial charge in [-0.15, -0.1) is 0 Å². The molecule has 0 fully saturated rings. The average Bonchev–Trinajstić information content (AvgIpc) is 2.45. The normalized spacial score (nSPS) is 11.0. The van der Waals surface area contributed by atoms with E-state index < -0.39 is 17.8 Å². The van der Waals surface area contributed by atoms with Crippen LogP contribution in [0.2, 0.25) is 5.02 Å². The third-order valence-electron chi connectivity index (χ3n) is 2.46. The molecule has 21 heavy (non-hydrogen) atoms. The van der Waals surface area contributed by atoms with Gasteiger partial charge in [-0.3, -0.25) is 15.6 Å². The number of halogens is 4. The topological polar surface area (TPSA) is 54.0 Å². The molecule has 1 heterocycles. The van der Waals surface area contributed by atoms with E-state index in [1.54, 1.807) is 12.1 Å². The number of amides is 1. The Morgan fingerprint density at radius 2 is 1.81 bits per heavy atom. The van der Waals surface area contributed by atoms with Gasteiger partial charge >= 0.3 is 6.18 Å². The molecule has 1 amide bonds. The zero-order chi connectivity index (χ0) is 15.5. The van der Waals surface area contributed by atoms with Gasteiger partial charge in [0, 0.05) is 0 Å². The van der Waals surface area contributed by atoms with Crippen molar-refractivity contribution < 1.29 is 18.0 Å². The number of hydrogen-bond acceptors (Lipinski definition) is 3. The van der Waals surface area contributed by atoms with Crippen molar-refractivity contribution >= 4 is 23.3 Å². The van der Waals surface area contributed by atoms with Crippen LogP contribution in [-0.2, 0) is 6.18 Å². The first-order chi connectivity index (χ1) is 9.88. The fourth-order valence-electron chi connectivity index (χ4n) is 1.50. The predicted molar refractivity (Wildman–Crippen MR) is 71.8 cm³/mol. The summed E-state index contributed by atoms with van der Waals surface area (Å²) in [5, 5.41) is 0.230. The van der Waals surface area contributed by atoms with E-state index in [4.69, 9.17) is 11.6 Å². The summed E-state index contributed by atoms with van der Waals surface area (Å²) in [6.07, 6.45) is -4.55. The number of nitrogens with one attached hydrogen (secondary N) is 2. The number of rotatable bonds is 3. The summed E-state index contributed by atoms with van der Waals surface area (Å²) in [5.74, 6) is -0.718. The molecule has 0 aliphatic rings. The first kappa shape index (κ1) is 15.1. The minimum absolute atomic E-state index is 0.134. The first-order valence-corrected chi connectivity index (χ1v) is 6.11. The highest BCUT2D eigenvalue weighted by Gasteiger charge is 2.32. The Balaban J connectivity index is 2.07. The van der Waals surface area contributed by atoms with E-state index in [2.05, 4.69) is 15.8 Å². The van der Waals surface area contributed by atoms with E-state index in [0.717, 1.165) is 6.07 Å². The number of anilines is 1. The summed E-state index contributed by atoms with van der Waals surface area (Å²) in [7, 11) is 0. The highest BCUT2D eigenvalue weighted by molar-refractivity contribution is 6.33. The van der Waals surface area contributed by atoms with E-state index >= 15 is 0 Å². The third kappa shape index (κ3) is 3.85. The molecule has 0 saturated carbocycles. The summed E-state index contributed by atoms with van der Waals surface area (Å²) >= 11 is 5.83. The maximum absolute atomic E-state index is 12.5. The molecule has 1 aromatic carbocycles. The zero-order valence-electron chi connectivity index (χ0n) is 10.4. The van der Waals surface area contributed by atoms with Crippen molar-refractivity contribution in [2.24, 2.45) is 0 Å². The smallest absolute Gasteiger partial charge is 0.282 e. The number of hydrazine groups is 1. The number of nitrogens with zero attached hydrogens (tertiary/aromatic N) is 1. The van der Waals surface area contributed by atoms with Gasteiger partial charge in [0.1, 0.15) is 11.5 Å². The predicted octanol–water partition coefficient (Wildman–Crippen LogP) is 3.51. The van der Waals surface area contributed by atoms with Crippen molar-refractivity contribution in [3.8, 4) is 0 Å². The van der Waals surface area contributed by atoms with Gasteiger partial charge in [0.15, 0.2) is 0 Å². The third-order valence-corrected chi connectivity index (χ3v) is 2.79. The average molecular weight is 316 g/mol. The van der Waals surface area contributed by atoms with Crippen molar-refractivity contribution in [3.63, 3.8) is 0 Å². The number of benzene rings is 1. The van der Waals surface area contributed by atoms with Crippen LogP contribution in [0, 0.1) is 0 Å². The molecule has 0 spiro atoms. The Morgan fingerprint density at radius 1 is 1.10 bits per heavy atom. The molecule has 2 N–H and O–H groups in total. The number of alkyl halides is 3. The summed E-state index contributed by atoms with van der Waals surface area (Å²) in [5.41, 5.74) is 3.68. The molecule has 0 radical (unpaired) electrons. The van der Waals surface area contributed by atoms with Crippen LogP contribution in [0.25, 0.3) is 0 Å². The minimum atomic E-state index is -4.55. The van der Waals surface area contributed by atoms with E-state index in [9.17, 15) is 18.0 Å². The fraction of sp³-hybridized carbons (Fsp3) is 0.0769. The van der Waals surface area contributed by atoms with Crippen LogP contribution in [0.5, 0.6) is 0 Å². The van der Waals surface area contributed by atoms with Gasteiger partial charge in [-0.1, -0.05) is 29.8 Å². The summed E-state index contributed by atoms with van der Waals surface area (Å²) in [6, 6.07) is 9.59. The van der Waals surface area contributed by atoms with E-state index in [-0.39, 0.29) is 16.4 Å². The Bertz CT molecular complexity index is 661. The lowest BCUT2D eigenvalue weighted by Crippen LogP contribution is -2.30. The molecule has 0 aliphatic carbocycles. The molecule has 0 bridgehead atoms. The molecular formula is C13H9ClF3N3O. The molecule has 2 rings (SSSR count). The van der Waals surface area contributed by atoms with Crippen LogP contribution in [0.4, 0.5) is 19.0 Å². The first-order valence-electron chi connectivity index (χ1n) is 5.73. The van der Waals surface area contributed by atoms with Crippen LogP contribution in [-0.4, -0.2) is 10.9 Å². The van der Waals surface area contributed by atoms with Crippen molar-refractivity contribution in [2.75, 3.05) is 5.43 Å². The Kier molecular flexibility index (Phi) is 4.32. The lowest BCUT2D eigenvalue weighted by molar-refractivity contribution is -0.141. The molecule has 1 aromatic heterocycles. The lowest BCUT2D eigenvalue weighted by atomic mass is 10.2. The maximum Gasteiger partial charge on any atom is 0.433 e. The molecule has 0 atom stereocenters.